The number of unbranched alkanes of at least 4 members (excludes halogenated alkanes) is 1. The zero-order valence-corrected chi connectivity index (χ0v) is 21.5. The normalized spacial score (nSPS) is 11.8. The lowest BCUT2D eigenvalue weighted by Gasteiger charge is -2.28. The lowest BCUT2D eigenvalue weighted by molar-refractivity contribution is -0.116. The lowest BCUT2D eigenvalue weighted by Crippen LogP contribution is -2.40. The second-order valence-electron chi connectivity index (χ2n) is 8.27. The Morgan fingerprint density at radius 3 is 2.41 bits per heavy atom. The molecule has 0 saturated heterocycles. The van der Waals surface area contributed by atoms with E-state index in [4.69, 9.17) is 11.6 Å². The number of hydrogen-bond acceptors (Lipinski definition) is 5. The molecule has 0 fully saturated rings. The van der Waals surface area contributed by atoms with Crippen LogP contribution in [0.2, 0.25) is 5.02 Å². The molecule has 0 aliphatic carbocycles. The highest BCUT2D eigenvalue weighted by Gasteiger charge is 2.22. The Labute approximate surface area is 210 Å². The van der Waals surface area contributed by atoms with Crippen molar-refractivity contribution in [3.8, 4) is 10.6 Å². The molecule has 1 aromatic heterocycles. The maximum atomic E-state index is 13.2. The number of carbonyl (C=O) groups is 2. The molecule has 0 aliphatic rings. The van der Waals surface area contributed by atoms with Crippen molar-refractivity contribution in [3.63, 3.8) is 0 Å². The molecule has 0 aliphatic heterocycles. The number of aromatic nitrogens is 2. The third-order valence-corrected chi connectivity index (χ3v) is 6.89. The number of carbonyl (C=O) groups excluding carboxylic acids is 2. The van der Waals surface area contributed by atoms with Crippen LogP contribution in [0.15, 0.2) is 48.5 Å². The van der Waals surface area contributed by atoms with Gasteiger partial charge in [-0.25, -0.2) is 0 Å². The van der Waals surface area contributed by atoms with Crippen LogP contribution in [0.5, 0.6) is 0 Å². The third-order valence-electron chi connectivity index (χ3n) is 5.75. The average molecular weight is 499 g/mol. The number of anilines is 1. The fourth-order valence-electron chi connectivity index (χ4n) is 3.49. The predicted molar refractivity (Wildman–Crippen MR) is 139 cm³/mol. The van der Waals surface area contributed by atoms with Crippen molar-refractivity contribution in [3.05, 3.63) is 64.7 Å². The smallest absolute Gasteiger partial charge is 0.254 e. The van der Waals surface area contributed by atoms with Gasteiger partial charge < -0.3 is 10.2 Å². The van der Waals surface area contributed by atoms with Gasteiger partial charge in [0.2, 0.25) is 11.0 Å². The van der Waals surface area contributed by atoms with Crippen LogP contribution in [0.3, 0.4) is 0 Å². The van der Waals surface area contributed by atoms with Crippen molar-refractivity contribution in [1.29, 1.82) is 0 Å². The lowest BCUT2D eigenvalue weighted by atomic mass is 10.0. The Hall–Kier alpha value is -2.77. The molecular formula is C26H31ClN4O2S. The number of amides is 2. The summed E-state index contributed by atoms with van der Waals surface area (Å²) in [4.78, 5) is 27.6. The van der Waals surface area contributed by atoms with E-state index in [9.17, 15) is 9.59 Å². The summed E-state index contributed by atoms with van der Waals surface area (Å²) >= 11 is 7.23. The predicted octanol–water partition coefficient (Wildman–Crippen LogP) is 6.47. The summed E-state index contributed by atoms with van der Waals surface area (Å²) in [6, 6.07) is 15.2. The Morgan fingerprint density at radius 2 is 1.76 bits per heavy atom. The second kappa shape index (κ2) is 12.6. The maximum Gasteiger partial charge on any atom is 0.254 e. The number of nitrogens with zero attached hydrogens (tertiary/aromatic N) is 3. The van der Waals surface area contributed by atoms with Gasteiger partial charge in [0, 0.05) is 35.2 Å². The number of halogens is 1. The fraction of sp³-hybridized carbons (Fsp3) is 0.385. The van der Waals surface area contributed by atoms with Gasteiger partial charge in [-0.1, -0.05) is 67.5 Å². The molecule has 3 rings (SSSR count). The zero-order valence-electron chi connectivity index (χ0n) is 19.9. The summed E-state index contributed by atoms with van der Waals surface area (Å²) in [6.07, 6.45) is 4.29. The van der Waals surface area contributed by atoms with Crippen molar-refractivity contribution >= 4 is 39.9 Å². The van der Waals surface area contributed by atoms with E-state index in [1.165, 1.54) is 16.9 Å². The van der Waals surface area contributed by atoms with E-state index in [1.54, 1.807) is 17.0 Å². The first-order valence-corrected chi connectivity index (χ1v) is 12.9. The molecule has 8 heteroatoms. The molecule has 180 valence electrons. The van der Waals surface area contributed by atoms with Gasteiger partial charge in [0.05, 0.1) is 0 Å². The van der Waals surface area contributed by atoms with Crippen LogP contribution in [0.1, 0.15) is 62.4 Å². The summed E-state index contributed by atoms with van der Waals surface area (Å²) in [5, 5.41) is 12.8. The standard InChI is InChI=1S/C26H31ClN4O2S/c1-4-6-7-19-8-10-21(11-9-19)25(33)31(18(3)5-2)17-16-23(32)28-26-30-29-24(34-26)20-12-14-22(27)15-13-20/h8-15,18H,4-7,16-17H2,1-3H3,(H,28,30,32). The van der Waals surface area contributed by atoms with E-state index in [0.717, 1.165) is 31.2 Å². The Kier molecular flexibility index (Phi) is 9.60. The first-order chi connectivity index (χ1) is 16.4. The first kappa shape index (κ1) is 25.8. The van der Waals surface area contributed by atoms with Crippen LogP contribution in [0.25, 0.3) is 10.6 Å². The highest BCUT2D eigenvalue weighted by atomic mass is 35.5. The molecule has 2 amide bonds. The number of aryl methyl sites for hydroxylation is 1. The average Bonchev–Trinajstić information content (AvgIpc) is 3.31. The van der Waals surface area contributed by atoms with Gasteiger partial charge in [-0.15, -0.1) is 10.2 Å². The molecule has 6 nitrogen and oxygen atoms in total. The van der Waals surface area contributed by atoms with Gasteiger partial charge in [0.15, 0.2) is 0 Å². The van der Waals surface area contributed by atoms with Crippen LogP contribution in [0, 0.1) is 0 Å². The second-order valence-corrected chi connectivity index (χ2v) is 9.69. The number of nitrogens with one attached hydrogen (secondary N) is 1. The summed E-state index contributed by atoms with van der Waals surface area (Å²) in [7, 11) is 0. The summed E-state index contributed by atoms with van der Waals surface area (Å²) in [5.74, 6) is -0.250. The number of rotatable bonds is 11. The minimum atomic E-state index is -0.199. The van der Waals surface area contributed by atoms with Crippen LogP contribution < -0.4 is 5.32 Å². The molecule has 1 unspecified atom stereocenters. The van der Waals surface area contributed by atoms with E-state index >= 15 is 0 Å². The van der Waals surface area contributed by atoms with E-state index < -0.39 is 0 Å². The maximum absolute atomic E-state index is 13.2. The van der Waals surface area contributed by atoms with Crippen molar-refractivity contribution < 1.29 is 9.59 Å². The van der Waals surface area contributed by atoms with Gasteiger partial charge >= 0.3 is 0 Å². The van der Waals surface area contributed by atoms with Crippen molar-refractivity contribution in [1.82, 2.24) is 15.1 Å². The van der Waals surface area contributed by atoms with Crippen LogP contribution >= 0.6 is 22.9 Å². The van der Waals surface area contributed by atoms with Crippen LogP contribution in [-0.4, -0.2) is 39.5 Å². The number of benzene rings is 2. The van der Waals surface area contributed by atoms with Gasteiger partial charge in [0.25, 0.3) is 5.91 Å². The fourth-order valence-corrected chi connectivity index (χ4v) is 4.38. The largest absolute Gasteiger partial charge is 0.335 e. The van der Waals surface area contributed by atoms with E-state index in [1.807, 2.05) is 50.2 Å². The molecular weight excluding hydrogens is 468 g/mol. The van der Waals surface area contributed by atoms with Crippen LogP contribution in [0.4, 0.5) is 5.13 Å². The van der Waals surface area contributed by atoms with Gasteiger partial charge in [0.1, 0.15) is 5.01 Å². The van der Waals surface area contributed by atoms with Crippen molar-refractivity contribution in [2.75, 3.05) is 11.9 Å². The van der Waals surface area contributed by atoms with E-state index in [0.29, 0.717) is 27.3 Å². The van der Waals surface area contributed by atoms with Crippen molar-refractivity contribution in [2.24, 2.45) is 0 Å². The zero-order chi connectivity index (χ0) is 24.5. The number of hydrogen-bond donors (Lipinski definition) is 1. The topological polar surface area (TPSA) is 75.2 Å². The van der Waals surface area contributed by atoms with E-state index in [-0.39, 0.29) is 24.3 Å². The summed E-state index contributed by atoms with van der Waals surface area (Å²) < 4.78 is 0. The monoisotopic (exact) mass is 498 g/mol. The Bertz CT molecular complexity index is 1080. The molecule has 0 spiro atoms. The molecule has 34 heavy (non-hydrogen) atoms. The first-order valence-electron chi connectivity index (χ1n) is 11.7. The third kappa shape index (κ3) is 7.11. The Balaban J connectivity index is 1.59. The van der Waals surface area contributed by atoms with E-state index in [2.05, 4.69) is 22.4 Å². The quantitative estimate of drug-likeness (QED) is 0.328. The molecule has 1 atom stereocenters. The molecule has 2 aromatic carbocycles. The molecule has 0 saturated carbocycles. The molecule has 3 aromatic rings. The summed E-state index contributed by atoms with van der Waals surface area (Å²) in [6.45, 7) is 6.55. The van der Waals surface area contributed by atoms with Crippen molar-refractivity contribution in [2.45, 2.75) is 58.9 Å². The minimum absolute atomic E-state index is 0.0260. The molecule has 0 bridgehead atoms. The highest BCUT2D eigenvalue weighted by Crippen LogP contribution is 2.27. The Morgan fingerprint density at radius 1 is 1.06 bits per heavy atom. The van der Waals surface area contributed by atoms with Gasteiger partial charge in [-0.3, -0.25) is 9.59 Å². The molecule has 1 heterocycles. The minimum Gasteiger partial charge on any atom is -0.335 e. The SMILES string of the molecule is CCCCc1ccc(C(=O)N(CCC(=O)Nc2nnc(-c3ccc(Cl)cc3)s2)C(C)CC)cc1. The highest BCUT2D eigenvalue weighted by molar-refractivity contribution is 7.18. The van der Waals surface area contributed by atoms with Gasteiger partial charge in [-0.05, 0) is 56.0 Å². The molecule has 1 N–H and O–H groups in total. The molecule has 0 radical (unpaired) electrons. The van der Waals surface area contributed by atoms with Gasteiger partial charge in [-0.2, -0.15) is 0 Å². The van der Waals surface area contributed by atoms with Crippen LogP contribution in [-0.2, 0) is 11.2 Å². The summed E-state index contributed by atoms with van der Waals surface area (Å²) in [5.41, 5.74) is 2.78.